The van der Waals surface area contributed by atoms with E-state index in [0.29, 0.717) is 22.3 Å². The van der Waals surface area contributed by atoms with Crippen molar-refractivity contribution < 1.29 is 9.53 Å². The van der Waals surface area contributed by atoms with Crippen LogP contribution in [0.15, 0.2) is 72.8 Å². The van der Waals surface area contributed by atoms with Crippen molar-refractivity contribution in [1.29, 1.82) is 0 Å². The van der Waals surface area contributed by atoms with Crippen LogP contribution < -0.4 is 15.4 Å². The highest BCUT2D eigenvalue weighted by atomic mass is 35.5. The van der Waals surface area contributed by atoms with Crippen LogP contribution in [0.3, 0.4) is 0 Å². The molecule has 3 rings (SSSR count). The highest BCUT2D eigenvalue weighted by Crippen LogP contribution is 2.25. The molecule has 6 heteroatoms. The van der Waals surface area contributed by atoms with E-state index in [2.05, 4.69) is 22.8 Å². The number of halogens is 2. The lowest BCUT2D eigenvalue weighted by atomic mass is 10.2. The van der Waals surface area contributed by atoms with E-state index in [1.54, 1.807) is 18.2 Å². The molecular formula is C22H20Cl2N2O2. The molecule has 3 aromatic carbocycles. The Kier molecular flexibility index (Phi) is 7.18. The summed E-state index contributed by atoms with van der Waals surface area (Å²) in [5, 5.41) is 6.70. The van der Waals surface area contributed by atoms with Crippen molar-refractivity contribution in [2.75, 3.05) is 23.8 Å². The highest BCUT2D eigenvalue weighted by Gasteiger charge is 2.05. The molecule has 0 atom stereocenters. The van der Waals surface area contributed by atoms with Gasteiger partial charge in [-0.05, 0) is 35.9 Å². The van der Waals surface area contributed by atoms with Gasteiger partial charge in [0.2, 0.25) is 5.91 Å². The zero-order valence-corrected chi connectivity index (χ0v) is 16.6. The molecule has 28 heavy (non-hydrogen) atoms. The largest absolute Gasteiger partial charge is 0.493 e. The Morgan fingerprint density at radius 2 is 1.68 bits per heavy atom. The van der Waals surface area contributed by atoms with Gasteiger partial charge in [0.1, 0.15) is 5.75 Å². The first kappa shape index (κ1) is 20.1. The van der Waals surface area contributed by atoms with Gasteiger partial charge in [0, 0.05) is 23.9 Å². The summed E-state index contributed by atoms with van der Waals surface area (Å²) in [4.78, 5) is 12.1. The maximum atomic E-state index is 12.1. The zero-order chi connectivity index (χ0) is 19.8. The fourth-order valence-electron chi connectivity index (χ4n) is 2.59. The van der Waals surface area contributed by atoms with Crippen molar-refractivity contribution in [2.24, 2.45) is 0 Å². The van der Waals surface area contributed by atoms with Gasteiger partial charge in [0.15, 0.2) is 0 Å². The Bertz CT molecular complexity index is 933. The van der Waals surface area contributed by atoms with Gasteiger partial charge < -0.3 is 15.4 Å². The minimum absolute atomic E-state index is 0.119. The van der Waals surface area contributed by atoms with Gasteiger partial charge in [-0.15, -0.1) is 0 Å². The molecule has 0 aliphatic rings. The van der Waals surface area contributed by atoms with Gasteiger partial charge in [-0.1, -0.05) is 59.6 Å². The van der Waals surface area contributed by atoms with Crippen LogP contribution in [-0.4, -0.2) is 19.1 Å². The number of carbonyl (C=O) groups excluding carboxylic acids is 1. The average Bonchev–Trinajstić information content (AvgIpc) is 2.70. The fraction of sp³-hybridized carbons (Fsp3) is 0.136. The Morgan fingerprint density at radius 3 is 2.46 bits per heavy atom. The van der Waals surface area contributed by atoms with E-state index in [9.17, 15) is 4.79 Å². The summed E-state index contributed by atoms with van der Waals surface area (Å²) in [5.41, 5.74) is 2.64. The Labute approximate surface area is 174 Å². The Balaban J connectivity index is 1.47. The highest BCUT2D eigenvalue weighted by molar-refractivity contribution is 6.42. The first-order valence-electron chi connectivity index (χ1n) is 8.86. The van der Waals surface area contributed by atoms with E-state index < -0.39 is 0 Å². The molecule has 0 heterocycles. The first-order chi connectivity index (χ1) is 13.6. The summed E-state index contributed by atoms with van der Waals surface area (Å²) in [7, 11) is 0. The lowest BCUT2D eigenvalue weighted by Crippen LogP contribution is -2.21. The molecule has 4 nitrogen and oxygen atoms in total. The summed E-state index contributed by atoms with van der Waals surface area (Å²) in [6, 6.07) is 22.7. The molecule has 0 saturated carbocycles. The van der Waals surface area contributed by atoms with Crippen LogP contribution in [0.4, 0.5) is 11.4 Å². The van der Waals surface area contributed by atoms with Crippen LogP contribution in [0.25, 0.3) is 0 Å². The summed E-state index contributed by atoms with van der Waals surface area (Å²) < 4.78 is 5.81. The SMILES string of the molecule is O=C(CNc1cccc(OCCc2ccccc2)c1)Nc1ccc(Cl)c(Cl)c1. The molecule has 3 aromatic rings. The third-order valence-electron chi connectivity index (χ3n) is 3.99. The number of amides is 1. The quantitative estimate of drug-likeness (QED) is 0.499. The van der Waals surface area contributed by atoms with E-state index in [0.717, 1.165) is 17.9 Å². The minimum atomic E-state index is -0.186. The van der Waals surface area contributed by atoms with Crippen molar-refractivity contribution >= 4 is 40.5 Å². The molecule has 1 amide bonds. The molecule has 0 bridgehead atoms. The van der Waals surface area contributed by atoms with Crippen LogP contribution in [-0.2, 0) is 11.2 Å². The van der Waals surface area contributed by atoms with E-state index in [4.69, 9.17) is 27.9 Å². The third-order valence-corrected chi connectivity index (χ3v) is 4.73. The van der Waals surface area contributed by atoms with Crippen molar-refractivity contribution in [3.05, 3.63) is 88.4 Å². The number of benzene rings is 3. The molecule has 0 spiro atoms. The monoisotopic (exact) mass is 414 g/mol. The molecule has 2 N–H and O–H groups in total. The van der Waals surface area contributed by atoms with Gasteiger partial charge in [-0.2, -0.15) is 0 Å². The number of rotatable bonds is 8. The first-order valence-corrected chi connectivity index (χ1v) is 9.61. The van der Waals surface area contributed by atoms with Crippen LogP contribution in [0, 0.1) is 0 Å². The second-order valence-electron chi connectivity index (χ2n) is 6.14. The fourth-order valence-corrected chi connectivity index (χ4v) is 2.89. The van der Waals surface area contributed by atoms with Gasteiger partial charge >= 0.3 is 0 Å². The molecule has 0 saturated heterocycles. The number of carbonyl (C=O) groups is 1. The molecule has 144 valence electrons. The van der Waals surface area contributed by atoms with Gasteiger partial charge in [-0.3, -0.25) is 4.79 Å². The molecule has 0 aliphatic heterocycles. The van der Waals surface area contributed by atoms with Crippen LogP contribution >= 0.6 is 23.2 Å². The predicted molar refractivity (Wildman–Crippen MR) is 116 cm³/mol. The van der Waals surface area contributed by atoms with Gasteiger partial charge in [0.05, 0.1) is 23.2 Å². The van der Waals surface area contributed by atoms with Gasteiger partial charge in [0.25, 0.3) is 0 Å². The topological polar surface area (TPSA) is 50.4 Å². The molecule has 0 unspecified atom stereocenters. The number of hydrogen-bond donors (Lipinski definition) is 2. The van der Waals surface area contributed by atoms with Crippen molar-refractivity contribution in [3.63, 3.8) is 0 Å². The lowest BCUT2D eigenvalue weighted by Gasteiger charge is -2.11. The van der Waals surface area contributed by atoms with Gasteiger partial charge in [-0.25, -0.2) is 0 Å². The molecule has 0 fully saturated rings. The van der Waals surface area contributed by atoms with Crippen LogP contribution in [0.1, 0.15) is 5.56 Å². The number of anilines is 2. The van der Waals surface area contributed by atoms with Crippen molar-refractivity contribution in [3.8, 4) is 5.75 Å². The second-order valence-corrected chi connectivity index (χ2v) is 6.96. The van der Waals surface area contributed by atoms with Crippen molar-refractivity contribution in [1.82, 2.24) is 0 Å². The standard InChI is InChI=1S/C22H20Cl2N2O2/c23-20-10-9-18(14-21(20)24)26-22(27)15-25-17-7-4-8-19(13-17)28-12-11-16-5-2-1-3-6-16/h1-10,13-14,25H,11-12,15H2,(H,26,27). The lowest BCUT2D eigenvalue weighted by molar-refractivity contribution is -0.114. The molecular weight excluding hydrogens is 395 g/mol. The second kappa shape index (κ2) is 10.0. The molecule has 0 radical (unpaired) electrons. The smallest absolute Gasteiger partial charge is 0.243 e. The predicted octanol–water partition coefficient (Wildman–Crippen LogP) is 5.67. The van der Waals surface area contributed by atoms with E-state index in [-0.39, 0.29) is 12.5 Å². The van der Waals surface area contributed by atoms with E-state index in [1.165, 1.54) is 5.56 Å². The normalized spacial score (nSPS) is 10.4. The number of ether oxygens (including phenoxy) is 1. The molecule has 0 aliphatic carbocycles. The Morgan fingerprint density at radius 1 is 0.857 bits per heavy atom. The summed E-state index contributed by atoms with van der Waals surface area (Å²) in [6.07, 6.45) is 0.838. The third kappa shape index (κ3) is 6.19. The van der Waals surface area contributed by atoms with Crippen LogP contribution in [0.5, 0.6) is 5.75 Å². The molecule has 0 aromatic heterocycles. The number of hydrogen-bond acceptors (Lipinski definition) is 3. The van der Waals surface area contributed by atoms with Crippen molar-refractivity contribution in [2.45, 2.75) is 6.42 Å². The maximum absolute atomic E-state index is 12.1. The average molecular weight is 415 g/mol. The zero-order valence-electron chi connectivity index (χ0n) is 15.1. The maximum Gasteiger partial charge on any atom is 0.243 e. The number of nitrogens with one attached hydrogen (secondary N) is 2. The summed E-state index contributed by atoms with van der Waals surface area (Å²) in [6.45, 7) is 0.707. The summed E-state index contributed by atoms with van der Waals surface area (Å²) >= 11 is 11.8. The Hall–Kier alpha value is -2.69. The minimum Gasteiger partial charge on any atom is -0.493 e. The van der Waals surface area contributed by atoms with E-state index in [1.807, 2.05) is 42.5 Å². The summed E-state index contributed by atoms with van der Waals surface area (Å²) in [5.74, 6) is 0.569. The van der Waals surface area contributed by atoms with E-state index >= 15 is 0 Å². The van der Waals surface area contributed by atoms with Crippen LogP contribution in [0.2, 0.25) is 10.0 Å².